The molecule has 5 rings (SSSR count). The number of nitrogens with zero attached hydrogens (tertiary/aromatic N) is 3. The number of urea groups is 1. The zero-order chi connectivity index (χ0) is 20.0. The van der Waals surface area contributed by atoms with Crippen LogP contribution in [0.4, 0.5) is 16.2 Å². The quantitative estimate of drug-likeness (QED) is 0.604. The van der Waals surface area contributed by atoms with Crippen molar-refractivity contribution in [3.8, 4) is 5.75 Å². The molecule has 0 aliphatic carbocycles. The number of nitrogens with one attached hydrogen (secondary N) is 1. The normalized spacial score (nSPS) is 17.8. The second-order valence-corrected chi connectivity index (χ2v) is 7.65. The number of ether oxygens (including phenoxy) is 1. The molecule has 2 aliphatic rings. The summed E-state index contributed by atoms with van der Waals surface area (Å²) in [5.74, 6) is 0.795. The average molecular weight is 407 g/mol. The summed E-state index contributed by atoms with van der Waals surface area (Å²) in [5.41, 5.74) is 5.39. The minimum absolute atomic E-state index is 0.0891. The molecule has 2 aliphatic heterocycles. The molecule has 29 heavy (non-hydrogen) atoms. The zero-order valence-electron chi connectivity index (χ0n) is 15.9. The Morgan fingerprint density at radius 2 is 2.10 bits per heavy atom. The lowest BCUT2D eigenvalue weighted by atomic mass is 9.97. The van der Waals surface area contributed by atoms with Gasteiger partial charge in [-0.15, -0.1) is 0 Å². The van der Waals surface area contributed by atoms with Crippen LogP contribution in [0.3, 0.4) is 0 Å². The topological polar surface area (TPSA) is 67.4 Å². The lowest BCUT2D eigenvalue weighted by Gasteiger charge is -2.32. The van der Waals surface area contributed by atoms with Gasteiger partial charge in [0.15, 0.2) is 0 Å². The molecule has 0 saturated heterocycles. The molecule has 7 heteroatoms. The molecule has 0 saturated carbocycles. The van der Waals surface area contributed by atoms with E-state index in [1.54, 1.807) is 23.4 Å². The van der Waals surface area contributed by atoms with E-state index in [4.69, 9.17) is 16.3 Å². The van der Waals surface area contributed by atoms with E-state index < -0.39 is 0 Å². The summed E-state index contributed by atoms with van der Waals surface area (Å²) in [6.45, 7) is 2.37. The van der Waals surface area contributed by atoms with Crippen LogP contribution >= 0.6 is 11.6 Å². The summed E-state index contributed by atoms with van der Waals surface area (Å²) in [6, 6.07) is 11.5. The molecule has 0 bridgehead atoms. The van der Waals surface area contributed by atoms with E-state index in [2.05, 4.69) is 21.4 Å². The Kier molecular flexibility index (Phi) is 4.36. The van der Waals surface area contributed by atoms with E-state index in [9.17, 15) is 4.79 Å². The second kappa shape index (κ2) is 7.04. The van der Waals surface area contributed by atoms with Crippen molar-refractivity contribution in [1.29, 1.82) is 0 Å². The van der Waals surface area contributed by atoms with Gasteiger partial charge in [0.2, 0.25) is 0 Å². The van der Waals surface area contributed by atoms with Crippen molar-refractivity contribution < 1.29 is 9.53 Å². The third-order valence-electron chi connectivity index (χ3n) is 5.44. The summed E-state index contributed by atoms with van der Waals surface area (Å²) < 4.78 is 6.27. The van der Waals surface area contributed by atoms with Gasteiger partial charge in [0.25, 0.3) is 0 Å². The van der Waals surface area contributed by atoms with Crippen molar-refractivity contribution >= 4 is 29.0 Å². The van der Waals surface area contributed by atoms with Crippen LogP contribution in [-0.4, -0.2) is 16.0 Å². The van der Waals surface area contributed by atoms with Crippen LogP contribution in [-0.2, 0) is 13.0 Å². The lowest BCUT2D eigenvalue weighted by molar-refractivity contribution is 0.172. The smallest absolute Gasteiger partial charge is 0.326 e. The van der Waals surface area contributed by atoms with Gasteiger partial charge < -0.3 is 10.1 Å². The molecule has 1 aromatic carbocycles. The first-order valence-corrected chi connectivity index (χ1v) is 9.91. The number of hydrogen-bond acceptors (Lipinski definition) is 4. The lowest BCUT2D eigenvalue weighted by Crippen LogP contribution is -2.39. The molecular formula is C22H19ClN4O2. The van der Waals surface area contributed by atoms with Gasteiger partial charge in [-0.1, -0.05) is 23.7 Å². The van der Waals surface area contributed by atoms with Gasteiger partial charge in [-0.25, -0.2) is 9.78 Å². The highest BCUT2D eigenvalue weighted by atomic mass is 35.5. The second-order valence-electron chi connectivity index (χ2n) is 7.29. The van der Waals surface area contributed by atoms with Crippen molar-refractivity contribution in [2.24, 2.45) is 0 Å². The fourth-order valence-electron chi connectivity index (χ4n) is 3.95. The number of carbonyl (C=O) groups is 1. The number of anilines is 2. The van der Waals surface area contributed by atoms with Crippen molar-refractivity contribution in [3.63, 3.8) is 0 Å². The zero-order valence-corrected chi connectivity index (χ0v) is 16.6. The van der Waals surface area contributed by atoms with E-state index >= 15 is 0 Å². The molecule has 0 fully saturated rings. The van der Waals surface area contributed by atoms with Gasteiger partial charge in [-0.3, -0.25) is 9.88 Å². The average Bonchev–Trinajstić information content (AvgIpc) is 2.74. The Bertz CT molecular complexity index is 1100. The first kappa shape index (κ1) is 17.9. The first-order chi connectivity index (χ1) is 14.1. The van der Waals surface area contributed by atoms with E-state index in [1.807, 2.05) is 31.2 Å². The Balaban J connectivity index is 1.49. The van der Waals surface area contributed by atoms with Crippen molar-refractivity contribution in [1.82, 2.24) is 9.97 Å². The largest absolute Gasteiger partial charge is 0.484 e. The molecular weight excluding hydrogens is 388 g/mol. The minimum atomic E-state index is -0.195. The molecule has 2 aromatic heterocycles. The summed E-state index contributed by atoms with van der Waals surface area (Å²) in [7, 11) is 0. The Hall–Kier alpha value is -3.12. The van der Waals surface area contributed by atoms with E-state index in [0.717, 1.165) is 46.7 Å². The van der Waals surface area contributed by atoms with Gasteiger partial charge in [-0.05, 0) is 49.1 Å². The Morgan fingerprint density at radius 3 is 2.93 bits per heavy atom. The van der Waals surface area contributed by atoms with Gasteiger partial charge in [0.1, 0.15) is 17.0 Å². The maximum Gasteiger partial charge on any atom is 0.326 e. The third-order valence-corrected chi connectivity index (χ3v) is 5.76. The van der Waals surface area contributed by atoms with Gasteiger partial charge >= 0.3 is 6.03 Å². The summed E-state index contributed by atoms with van der Waals surface area (Å²) in [4.78, 5) is 23.0. The summed E-state index contributed by atoms with van der Waals surface area (Å²) >= 11 is 6.26. The highest BCUT2D eigenvalue weighted by Crippen LogP contribution is 2.40. The highest BCUT2D eigenvalue weighted by Gasteiger charge is 2.29. The number of amides is 2. The maximum absolute atomic E-state index is 12.8. The molecule has 2 amide bonds. The van der Waals surface area contributed by atoms with Crippen LogP contribution in [0.1, 0.15) is 34.9 Å². The van der Waals surface area contributed by atoms with Crippen LogP contribution in [0.5, 0.6) is 5.75 Å². The van der Waals surface area contributed by atoms with Crippen molar-refractivity contribution in [2.75, 3.05) is 10.2 Å². The van der Waals surface area contributed by atoms with E-state index in [0.29, 0.717) is 17.4 Å². The van der Waals surface area contributed by atoms with Crippen molar-refractivity contribution in [3.05, 3.63) is 76.3 Å². The predicted octanol–water partition coefficient (Wildman–Crippen LogP) is 5.06. The van der Waals surface area contributed by atoms with Crippen LogP contribution < -0.4 is 15.0 Å². The minimum Gasteiger partial charge on any atom is -0.484 e. The Labute approximate surface area is 173 Å². The number of carbonyl (C=O) groups excluding carboxylic acids is 1. The first-order valence-electron chi connectivity index (χ1n) is 9.53. The number of aryl methyl sites for hydroxylation is 2. The van der Waals surface area contributed by atoms with Gasteiger partial charge in [-0.2, -0.15) is 0 Å². The standard InChI is InChI=1S/C22H19ClN4O2/c1-13-10-14-5-6-19(17-4-2-3-8-24-17)29-20(14)11-18(13)27-12-15-16(26-22(27)28)7-9-25-21(15)23/h2-4,7-11,19H,5-6,12H2,1H3,(H,26,28). The van der Waals surface area contributed by atoms with Crippen LogP contribution in [0.2, 0.25) is 5.15 Å². The molecule has 4 heterocycles. The molecule has 0 spiro atoms. The van der Waals surface area contributed by atoms with Crippen LogP contribution in [0.25, 0.3) is 0 Å². The third kappa shape index (κ3) is 3.19. The number of aromatic nitrogens is 2. The van der Waals surface area contributed by atoms with Crippen LogP contribution in [0, 0.1) is 6.92 Å². The van der Waals surface area contributed by atoms with Gasteiger partial charge in [0.05, 0.1) is 23.6 Å². The fraction of sp³-hybridized carbons (Fsp3) is 0.227. The molecule has 1 atom stereocenters. The van der Waals surface area contributed by atoms with Gasteiger partial charge in [0, 0.05) is 24.0 Å². The molecule has 1 unspecified atom stereocenters. The molecule has 1 N–H and O–H groups in total. The summed E-state index contributed by atoms with van der Waals surface area (Å²) in [5, 5.41) is 3.30. The molecule has 146 valence electrons. The Morgan fingerprint density at radius 1 is 1.21 bits per heavy atom. The molecule has 6 nitrogen and oxygen atoms in total. The number of fused-ring (bicyclic) bond motifs is 2. The summed E-state index contributed by atoms with van der Waals surface area (Å²) in [6.07, 6.45) is 5.06. The van der Waals surface area contributed by atoms with E-state index in [1.165, 1.54) is 0 Å². The fourth-order valence-corrected chi connectivity index (χ4v) is 4.17. The van der Waals surface area contributed by atoms with E-state index in [-0.39, 0.29) is 12.1 Å². The number of benzene rings is 1. The number of halogens is 1. The predicted molar refractivity (Wildman–Crippen MR) is 112 cm³/mol. The monoisotopic (exact) mass is 406 g/mol. The maximum atomic E-state index is 12.8. The molecule has 0 radical (unpaired) electrons. The molecule has 3 aromatic rings. The van der Waals surface area contributed by atoms with Crippen LogP contribution in [0.15, 0.2) is 48.8 Å². The number of hydrogen-bond donors (Lipinski definition) is 1. The number of rotatable bonds is 2. The SMILES string of the molecule is Cc1cc2c(cc1N1Cc3c(ccnc3Cl)NC1=O)OC(c1ccccn1)CC2. The highest BCUT2D eigenvalue weighted by molar-refractivity contribution is 6.31. The van der Waals surface area contributed by atoms with Crippen molar-refractivity contribution in [2.45, 2.75) is 32.4 Å². The number of pyridine rings is 2.